The van der Waals surface area contributed by atoms with Gasteiger partial charge in [-0.1, -0.05) is 44.0 Å². The third kappa shape index (κ3) is 4.38. The van der Waals surface area contributed by atoms with Gasteiger partial charge in [0.15, 0.2) is 0 Å². The van der Waals surface area contributed by atoms with Gasteiger partial charge in [0, 0.05) is 50.2 Å². The fourth-order valence-corrected chi connectivity index (χ4v) is 3.72. The van der Waals surface area contributed by atoms with Crippen molar-refractivity contribution in [2.24, 2.45) is 7.05 Å². The molecule has 150 valence electrons. The van der Waals surface area contributed by atoms with Crippen molar-refractivity contribution in [3.63, 3.8) is 0 Å². The zero-order valence-corrected chi connectivity index (χ0v) is 19.1. The molecule has 0 fully saturated rings. The average Bonchev–Trinajstić information content (AvgIpc) is 3.28. The first kappa shape index (κ1) is 21.1. The molecule has 2 aromatic carbocycles. The summed E-state index contributed by atoms with van der Waals surface area (Å²) in [6.45, 7) is 0. The zero-order valence-electron chi connectivity index (χ0n) is 16.0. The number of esters is 2. The van der Waals surface area contributed by atoms with Crippen molar-refractivity contribution in [2.75, 3.05) is 14.2 Å². The van der Waals surface area contributed by atoms with Gasteiger partial charge in [-0.2, -0.15) is 0 Å². The predicted molar refractivity (Wildman–Crippen MR) is 119 cm³/mol. The van der Waals surface area contributed by atoms with E-state index in [0.717, 1.165) is 30.8 Å². The summed E-state index contributed by atoms with van der Waals surface area (Å²) in [7, 11) is 4.67. The Morgan fingerprint density at radius 3 is 2.14 bits per heavy atom. The molecule has 0 saturated carbocycles. The number of ether oxygens (including phenoxy) is 2. The number of halogens is 2. The maximum atomic E-state index is 11.5. The highest BCUT2D eigenvalue weighted by atomic mass is 79.9. The monoisotopic (exact) mass is 520 g/mol. The van der Waals surface area contributed by atoms with Gasteiger partial charge in [-0.3, -0.25) is 0 Å². The highest BCUT2D eigenvalue weighted by Gasteiger charge is 2.14. The molecule has 2 heterocycles. The smallest absolute Gasteiger partial charge is 0.340 e. The molecule has 0 atom stereocenters. The van der Waals surface area contributed by atoms with Gasteiger partial charge < -0.3 is 19.0 Å². The number of aryl methyl sites for hydroxylation is 1. The Morgan fingerprint density at radius 1 is 0.897 bits per heavy atom. The summed E-state index contributed by atoms with van der Waals surface area (Å²) >= 11 is 6.76. The second-order valence-electron chi connectivity index (χ2n) is 6.19. The van der Waals surface area contributed by atoms with Crippen LogP contribution in [-0.4, -0.2) is 35.7 Å². The maximum Gasteiger partial charge on any atom is 0.340 e. The highest BCUT2D eigenvalue weighted by Crippen LogP contribution is 2.25. The van der Waals surface area contributed by atoms with Crippen LogP contribution in [0, 0.1) is 0 Å². The van der Waals surface area contributed by atoms with E-state index in [2.05, 4.69) is 41.6 Å². The number of hydrogen-bond donors (Lipinski definition) is 1. The second-order valence-corrected chi connectivity index (χ2v) is 8.02. The molecule has 1 N–H and O–H groups in total. The maximum absolute atomic E-state index is 11.5. The van der Waals surface area contributed by atoms with Crippen molar-refractivity contribution < 1.29 is 19.1 Å². The Kier molecular flexibility index (Phi) is 6.44. The Bertz CT molecular complexity index is 1210. The van der Waals surface area contributed by atoms with Crippen LogP contribution < -0.4 is 0 Å². The minimum Gasteiger partial charge on any atom is -0.465 e. The van der Waals surface area contributed by atoms with Crippen LogP contribution in [0.15, 0.2) is 57.7 Å². The molecule has 29 heavy (non-hydrogen) atoms. The molecule has 4 rings (SSSR count). The predicted octanol–water partition coefficient (Wildman–Crippen LogP) is 5.44. The summed E-state index contributed by atoms with van der Waals surface area (Å²) in [6.07, 6.45) is 3.44. The first-order valence-electron chi connectivity index (χ1n) is 8.53. The van der Waals surface area contributed by atoms with Crippen molar-refractivity contribution in [1.82, 2.24) is 9.55 Å². The van der Waals surface area contributed by atoms with E-state index in [1.54, 1.807) is 12.4 Å². The van der Waals surface area contributed by atoms with Crippen LogP contribution in [0.4, 0.5) is 0 Å². The normalized spacial score (nSPS) is 10.5. The molecular formula is C21H18Br2N2O4. The van der Waals surface area contributed by atoms with E-state index in [0.29, 0.717) is 11.1 Å². The summed E-state index contributed by atoms with van der Waals surface area (Å²) in [5.41, 5.74) is 3.09. The number of benzene rings is 2. The Morgan fingerprint density at radius 2 is 1.48 bits per heavy atom. The number of aromatic nitrogens is 2. The molecular weight excluding hydrogens is 504 g/mol. The molecule has 0 unspecified atom stereocenters. The van der Waals surface area contributed by atoms with Crippen LogP contribution in [0.1, 0.15) is 20.7 Å². The SMILES string of the molecule is COC(=O)c1c[nH]c2cc(Br)ccc12.COC(=O)c1cn(C)c2cc(Br)ccc12. The lowest BCUT2D eigenvalue weighted by Gasteiger charge is -1.97. The van der Waals surface area contributed by atoms with E-state index >= 15 is 0 Å². The van der Waals surface area contributed by atoms with Gasteiger partial charge in [-0.05, 0) is 24.3 Å². The Labute approximate surface area is 184 Å². The van der Waals surface area contributed by atoms with E-state index in [4.69, 9.17) is 4.74 Å². The first-order chi connectivity index (χ1) is 13.8. The fraction of sp³-hybridized carbons (Fsp3) is 0.143. The van der Waals surface area contributed by atoms with Crippen LogP contribution in [0.25, 0.3) is 21.8 Å². The summed E-state index contributed by atoms with van der Waals surface area (Å²) in [5, 5.41) is 1.78. The Balaban J connectivity index is 0.000000166. The van der Waals surface area contributed by atoms with Crippen molar-refractivity contribution in [1.29, 1.82) is 0 Å². The molecule has 0 spiro atoms. The van der Waals surface area contributed by atoms with Gasteiger partial charge in [-0.25, -0.2) is 9.59 Å². The molecule has 6 nitrogen and oxygen atoms in total. The van der Waals surface area contributed by atoms with Gasteiger partial charge in [0.1, 0.15) is 0 Å². The lowest BCUT2D eigenvalue weighted by molar-refractivity contribution is 0.0594. The average molecular weight is 522 g/mol. The van der Waals surface area contributed by atoms with Gasteiger partial charge >= 0.3 is 11.9 Å². The third-order valence-corrected chi connectivity index (χ3v) is 5.39. The highest BCUT2D eigenvalue weighted by molar-refractivity contribution is 9.10. The molecule has 0 radical (unpaired) electrons. The summed E-state index contributed by atoms with van der Waals surface area (Å²) < 4.78 is 13.3. The molecule has 2 aromatic heterocycles. The van der Waals surface area contributed by atoms with E-state index in [1.165, 1.54) is 14.2 Å². The van der Waals surface area contributed by atoms with E-state index < -0.39 is 0 Å². The number of H-pyrrole nitrogens is 1. The summed E-state index contributed by atoms with van der Waals surface area (Å²) in [5.74, 6) is -0.624. The Hall–Kier alpha value is -2.58. The topological polar surface area (TPSA) is 73.3 Å². The van der Waals surface area contributed by atoms with Crippen LogP contribution in [0.3, 0.4) is 0 Å². The number of nitrogens with one attached hydrogen (secondary N) is 1. The number of carbonyl (C=O) groups excluding carboxylic acids is 2. The number of nitrogens with zero attached hydrogens (tertiary/aromatic N) is 1. The summed E-state index contributed by atoms with van der Waals surface area (Å²) in [6, 6.07) is 11.5. The second kappa shape index (κ2) is 8.84. The standard InChI is InChI=1S/C11H10BrNO2.C10H8BrNO2/c1-13-6-9(11(14)15-2)8-4-3-7(12)5-10(8)13;1-14-10(13)8-5-12-9-4-6(11)2-3-7(8)9/h3-6H,1-2H3;2-5,12H,1H3. The number of hydrogen-bond acceptors (Lipinski definition) is 4. The first-order valence-corrected chi connectivity index (χ1v) is 10.1. The van der Waals surface area contributed by atoms with E-state index in [-0.39, 0.29) is 11.9 Å². The quantitative estimate of drug-likeness (QED) is 0.356. The molecule has 0 aliphatic rings. The molecule has 4 aromatic rings. The van der Waals surface area contributed by atoms with E-state index in [9.17, 15) is 9.59 Å². The number of methoxy groups -OCH3 is 2. The molecule has 8 heteroatoms. The van der Waals surface area contributed by atoms with Crippen LogP contribution in [-0.2, 0) is 16.5 Å². The van der Waals surface area contributed by atoms with Gasteiger partial charge in [0.25, 0.3) is 0 Å². The van der Waals surface area contributed by atoms with Crippen molar-refractivity contribution in [2.45, 2.75) is 0 Å². The summed E-state index contributed by atoms with van der Waals surface area (Å²) in [4.78, 5) is 25.8. The minimum atomic E-state index is -0.321. The third-order valence-electron chi connectivity index (χ3n) is 4.41. The number of rotatable bonds is 2. The van der Waals surface area contributed by atoms with Crippen LogP contribution in [0.2, 0.25) is 0 Å². The molecule has 0 aliphatic carbocycles. The molecule has 0 bridgehead atoms. The van der Waals surface area contributed by atoms with Crippen LogP contribution >= 0.6 is 31.9 Å². The number of aromatic amines is 1. The minimum absolute atomic E-state index is 0.303. The molecule has 0 aliphatic heterocycles. The van der Waals surface area contributed by atoms with Crippen molar-refractivity contribution in [3.8, 4) is 0 Å². The zero-order chi connectivity index (χ0) is 21.1. The molecule has 0 amide bonds. The fourth-order valence-electron chi connectivity index (χ4n) is 3.01. The van der Waals surface area contributed by atoms with Crippen molar-refractivity contribution >= 4 is 65.6 Å². The largest absolute Gasteiger partial charge is 0.465 e. The lowest BCUT2D eigenvalue weighted by Crippen LogP contribution is -1.99. The van der Waals surface area contributed by atoms with Gasteiger partial charge in [0.05, 0.1) is 25.3 Å². The van der Waals surface area contributed by atoms with Crippen molar-refractivity contribution in [3.05, 3.63) is 68.9 Å². The van der Waals surface area contributed by atoms with Gasteiger partial charge in [0.2, 0.25) is 0 Å². The lowest BCUT2D eigenvalue weighted by atomic mass is 10.2. The number of carbonyl (C=O) groups is 2. The molecule has 0 saturated heterocycles. The number of fused-ring (bicyclic) bond motifs is 2. The van der Waals surface area contributed by atoms with Gasteiger partial charge in [-0.15, -0.1) is 0 Å². The van der Waals surface area contributed by atoms with Crippen LogP contribution in [0.5, 0.6) is 0 Å². The van der Waals surface area contributed by atoms with E-state index in [1.807, 2.05) is 48.0 Å².